The van der Waals surface area contributed by atoms with Crippen LogP contribution < -0.4 is 10.1 Å². The van der Waals surface area contributed by atoms with Crippen LogP contribution in [0.25, 0.3) is 0 Å². The average Bonchev–Trinajstić information content (AvgIpc) is 2.43. The smallest absolute Gasteiger partial charge is 0.262 e. The monoisotopic (exact) mass is 277 g/mol. The molecule has 104 valence electrons. The Morgan fingerprint density at radius 3 is 2.50 bits per heavy atom. The van der Waals surface area contributed by atoms with Gasteiger partial charge in [-0.3, -0.25) is 4.79 Å². The van der Waals surface area contributed by atoms with Crippen molar-refractivity contribution >= 4 is 11.6 Å². The van der Waals surface area contributed by atoms with Crippen molar-refractivity contribution in [3.63, 3.8) is 0 Å². The Kier molecular flexibility index (Phi) is 4.30. The fourth-order valence-corrected chi connectivity index (χ4v) is 1.59. The number of rotatable bonds is 4. The van der Waals surface area contributed by atoms with Crippen LogP contribution in [0.5, 0.6) is 5.75 Å². The molecule has 0 aliphatic rings. The lowest BCUT2D eigenvalue weighted by atomic mass is 10.2. The first-order valence-electron chi connectivity index (χ1n) is 5.99. The molecule has 0 aliphatic carbocycles. The number of amides is 1. The summed E-state index contributed by atoms with van der Waals surface area (Å²) in [5.74, 6) is -0.661. The van der Waals surface area contributed by atoms with Crippen LogP contribution in [0.2, 0.25) is 0 Å². The van der Waals surface area contributed by atoms with Crippen molar-refractivity contribution in [3.8, 4) is 5.75 Å². The van der Waals surface area contributed by atoms with Gasteiger partial charge in [0.1, 0.15) is 17.4 Å². The van der Waals surface area contributed by atoms with Crippen molar-refractivity contribution in [1.29, 1.82) is 0 Å². The zero-order valence-corrected chi connectivity index (χ0v) is 10.8. The van der Waals surface area contributed by atoms with Crippen molar-refractivity contribution in [2.45, 2.75) is 6.92 Å². The molecule has 0 saturated heterocycles. The standard InChI is InChI=1S/C15H13F2NO2/c1-10-8-13(6-7-14(10)17)20-9-15(19)18-12-4-2-11(16)3-5-12/h2-8H,9H2,1H3,(H,18,19). The van der Waals surface area contributed by atoms with Gasteiger partial charge in [0.15, 0.2) is 6.61 Å². The number of carbonyl (C=O) groups is 1. The number of anilines is 1. The van der Waals surface area contributed by atoms with Gasteiger partial charge in [0.25, 0.3) is 5.91 Å². The number of nitrogens with one attached hydrogen (secondary N) is 1. The maximum atomic E-state index is 13.1. The molecule has 0 saturated carbocycles. The molecule has 0 heterocycles. The first-order chi connectivity index (χ1) is 9.54. The van der Waals surface area contributed by atoms with E-state index in [2.05, 4.69) is 5.32 Å². The molecular formula is C15H13F2NO2. The molecule has 5 heteroatoms. The third-order valence-corrected chi connectivity index (χ3v) is 2.63. The zero-order chi connectivity index (χ0) is 14.5. The van der Waals surface area contributed by atoms with Gasteiger partial charge in [-0.2, -0.15) is 0 Å². The number of ether oxygens (including phenoxy) is 1. The minimum atomic E-state index is -0.376. The number of hydrogen-bond acceptors (Lipinski definition) is 2. The van der Waals surface area contributed by atoms with Gasteiger partial charge in [0.2, 0.25) is 0 Å². The van der Waals surface area contributed by atoms with Gasteiger partial charge in [-0.25, -0.2) is 8.78 Å². The van der Waals surface area contributed by atoms with Gasteiger partial charge in [-0.05, 0) is 55.0 Å². The van der Waals surface area contributed by atoms with Gasteiger partial charge in [-0.15, -0.1) is 0 Å². The van der Waals surface area contributed by atoms with Gasteiger partial charge in [-0.1, -0.05) is 0 Å². The van der Waals surface area contributed by atoms with Crippen molar-refractivity contribution in [3.05, 3.63) is 59.7 Å². The fourth-order valence-electron chi connectivity index (χ4n) is 1.59. The van der Waals surface area contributed by atoms with E-state index in [-0.39, 0.29) is 24.1 Å². The SMILES string of the molecule is Cc1cc(OCC(=O)Nc2ccc(F)cc2)ccc1F. The predicted octanol–water partition coefficient (Wildman–Crippen LogP) is 3.29. The minimum Gasteiger partial charge on any atom is -0.484 e. The van der Waals surface area contributed by atoms with Gasteiger partial charge < -0.3 is 10.1 Å². The van der Waals surface area contributed by atoms with Crippen molar-refractivity contribution in [1.82, 2.24) is 0 Å². The highest BCUT2D eigenvalue weighted by Gasteiger charge is 2.05. The van der Waals surface area contributed by atoms with E-state index in [9.17, 15) is 13.6 Å². The summed E-state index contributed by atoms with van der Waals surface area (Å²) in [7, 11) is 0. The summed E-state index contributed by atoms with van der Waals surface area (Å²) in [5.41, 5.74) is 0.928. The number of benzene rings is 2. The van der Waals surface area contributed by atoms with E-state index in [4.69, 9.17) is 4.74 Å². The van der Waals surface area contributed by atoms with Crippen LogP contribution in [-0.2, 0) is 4.79 Å². The summed E-state index contributed by atoms with van der Waals surface area (Å²) in [5, 5.41) is 2.56. The molecule has 20 heavy (non-hydrogen) atoms. The van der Waals surface area contributed by atoms with E-state index in [0.29, 0.717) is 17.0 Å². The molecule has 0 spiro atoms. The van der Waals surface area contributed by atoms with Crippen LogP contribution in [0.3, 0.4) is 0 Å². The van der Waals surface area contributed by atoms with Crippen LogP contribution in [0.15, 0.2) is 42.5 Å². The maximum absolute atomic E-state index is 13.1. The Morgan fingerprint density at radius 2 is 1.85 bits per heavy atom. The van der Waals surface area contributed by atoms with Gasteiger partial charge in [0.05, 0.1) is 0 Å². The average molecular weight is 277 g/mol. The first-order valence-corrected chi connectivity index (χ1v) is 5.99. The summed E-state index contributed by atoms with van der Waals surface area (Å²) in [6.07, 6.45) is 0. The molecule has 3 nitrogen and oxygen atoms in total. The highest BCUT2D eigenvalue weighted by Crippen LogP contribution is 2.16. The van der Waals surface area contributed by atoms with Crippen LogP contribution in [-0.4, -0.2) is 12.5 Å². The Balaban J connectivity index is 1.88. The number of carbonyl (C=O) groups excluding carboxylic acids is 1. The second kappa shape index (κ2) is 6.14. The zero-order valence-electron chi connectivity index (χ0n) is 10.8. The molecule has 0 bridgehead atoms. The summed E-state index contributed by atoms with van der Waals surface area (Å²) in [6, 6.07) is 9.65. The number of aryl methyl sites for hydroxylation is 1. The van der Waals surface area contributed by atoms with Crippen LogP contribution in [0, 0.1) is 18.6 Å². The van der Waals surface area contributed by atoms with Crippen LogP contribution >= 0.6 is 0 Å². The normalized spacial score (nSPS) is 10.2. The molecule has 2 aromatic carbocycles. The number of hydrogen-bond donors (Lipinski definition) is 1. The molecule has 0 unspecified atom stereocenters. The number of halogens is 2. The van der Waals surface area contributed by atoms with Crippen LogP contribution in [0.4, 0.5) is 14.5 Å². The summed E-state index contributed by atoms with van der Waals surface area (Å²) >= 11 is 0. The Bertz CT molecular complexity index is 612. The van der Waals surface area contributed by atoms with Crippen molar-refractivity contribution in [2.24, 2.45) is 0 Å². The molecule has 0 radical (unpaired) electrons. The highest BCUT2D eigenvalue weighted by atomic mass is 19.1. The third-order valence-electron chi connectivity index (χ3n) is 2.63. The quantitative estimate of drug-likeness (QED) is 0.931. The second-order valence-electron chi connectivity index (χ2n) is 4.25. The van der Waals surface area contributed by atoms with E-state index < -0.39 is 0 Å². The summed E-state index contributed by atoms with van der Waals surface area (Å²) in [4.78, 5) is 11.6. The Hall–Kier alpha value is -2.43. The molecule has 2 aromatic rings. The molecule has 0 aromatic heterocycles. The molecule has 1 amide bonds. The molecule has 1 N–H and O–H groups in total. The minimum absolute atomic E-state index is 0.206. The van der Waals surface area contributed by atoms with E-state index in [1.807, 2.05) is 0 Å². The van der Waals surface area contributed by atoms with E-state index in [1.54, 1.807) is 6.92 Å². The lowest BCUT2D eigenvalue weighted by Crippen LogP contribution is -2.20. The van der Waals surface area contributed by atoms with E-state index in [0.717, 1.165) is 0 Å². The second-order valence-corrected chi connectivity index (χ2v) is 4.25. The highest BCUT2D eigenvalue weighted by molar-refractivity contribution is 5.91. The fraction of sp³-hybridized carbons (Fsp3) is 0.133. The van der Waals surface area contributed by atoms with Gasteiger partial charge >= 0.3 is 0 Å². The summed E-state index contributed by atoms with van der Waals surface area (Å²) in [6.45, 7) is 1.41. The summed E-state index contributed by atoms with van der Waals surface area (Å²) < 4.78 is 31.0. The van der Waals surface area contributed by atoms with Gasteiger partial charge in [0, 0.05) is 5.69 Å². The molecule has 2 rings (SSSR count). The van der Waals surface area contributed by atoms with Crippen LogP contribution in [0.1, 0.15) is 5.56 Å². The van der Waals surface area contributed by atoms with E-state index >= 15 is 0 Å². The third kappa shape index (κ3) is 3.78. The Labute approximate surface area is 115 Å². The largest absolute Gasteiger partial charge is 0.484 e. The lowest BCUT2D eigenvalue weighted by Gasteiger charge is -2.08. The molecular weight excluding hydrogens is 264 g/mol. The lowest BCUT2D eigenvalue weighted by molar-refractivity contribution is -0.118. The predicted molar refractivity (Wildman–Crippen MR) is 71.7 cm³/mol. The molecule has 0 atom stereocenters. The van der Waals surface area contributed by atoms with Crippen molar-refractivity contribution < 1.29 is 18.3 Å². The van der Waals surface area contributed by atoms with Crippen molar-refractivity contribution in [2.75, 3.05) is 11.9 Å². The molecule has 0 fully saturated rings. The van der Waals surface area contributed by atoms with E-state index in [1.165, 1.54) is 42.5 Å². The molecule has 0 aliphatic heterocycles. The maximum Gasteiger partial charge on any atom is 0.262 e. The first kappa shape index (κ1) is 14.0. The Morgan fingerprint density at radius 1 is 1.15 bits per heavy atom. The topological polar surface area (TPSA) is 38.3 Å².